The van der Waals surface area contributed by atoms with Gasteiger partial charge in [0.05, 0.1) is 17.1 Å². The molecule has 3 heterocycles. The van der Waals surface area contributed by atoms with E-state index in [1.807, 2.05) is 19.1 Å². The predicted octanol–water partition coefficient (Wildman–Crippen LogP) is 2.39. The minimum Gasteiger partial charge on any atom is -0.325 e. The second-order valence-electron chi connectivity index (χ2n) is 5.77. The van der Waals surface area contributed by atoms with Crippen LogP contribution in [0.2, 0.25) is 0 Å². The highest BCUT2D eigenvalue weighted by molar-refractivity contribution is 6.16. The van der Waals surface area contributed by atoms with E-state index in [4.69, 9.17) is 5.73 Å². The number of hydrogen-bond acceptors (Lipinski definition) is 4. The van der Waals surface area contributed by atoms with Gasteiger partial charge in [-0.05, 0) is 31.2 Å². The highest BCUT2D eigenvalue weighted by atomic mass is 19.1. The summed E-state index contributed by atoms with van der Waals surface area (Å²) < 4.78 is 15.4. The number of rotatable bonds is 2. The maximum absolute atomic E-state index is 13.7. The van der Waals surface area contributed by atoms with E-state index in [9.17, 15) is 9.18 Å². The number of hydrogen-bond donors (Lipinski definition) is 1. The van der Waals surface area contributed by atoms with Gasteiger partial charge in [-0.2, -0.15) is 0 Å². The Morgan fingerprint density at radius 3 is 2.88 bits per heavy atom. The Hall–Kier alpha value is -2.86. The highest BCUT2D eigenvalue weighted by Gasteiger charge is 2.21. The lowest BCUT2D eigenvalue weighted by Crippen LogP contribution is -2.25. The molecule has 120 valence electrons. The number of fused-ring (bicyclic) bond motifs is 2. The Balaban J connectivity index is 1.96. The molecule has 0 atom stereocenters. The Labute approximate surface area is 137 Å². The number of Topliss-reactive ketones (excluding diaryl/α,β-unsaturated/α-hetero) is 1. The van der Waals surface area contributed by atoms with Gasteiger partial charge in [0.2, 0.25) is 0 Å². The Bertz CT molecular complexity index is 1020. The lowest BCUT2D eigenvalue weighted by molar-refractivity contribution is 0.1000. The van der Waals surface area contributed by atoms with Crippen molar-refractivity contribution < 1.29 is 9.18 Å². The van der Waals surface area contributed by atoms with E-state index in [2.05, 4.69) is 9.98 Å². The predicted molar refractivity (Wildman–Crippen MR) is 90.1 cm³/mol. The average molecular weight is 322 g/mol. The molecule has 6 heteroatoms. The number of ketones is 1. The first kappa shape index (κ1) is 14.7. The molecule has 0 saturated carbocycles. The van der Waals surface area contributed by atoms with Gasteiger partial charge < -0.3 is 5.73 Å². The van der Waals surface area contributed by atoms with Gasteiger partial charge in [-0.15, -0.1) is 0 Å². The molecule has 1 aliphatic heterocycles. The molecular weight excluding hydrogens is 307 g/mol. The monoisotopic (exact) mass is 322 g/mol. The van der Waals surface area contributed by atoms with Gasteiger partial charge in [0.15, 0.2) is 5.78 Å². The van der Waals surface area contributed by atoms with Gasteiger partial charge in [-0.3, -0.25) is 14.2 Å². The topological polar surface area (TPSA) is 72.8 Å². The Kier molecular flexibility index (Phi) is 3.28. The quantitative estimate of drug-likeness (QED) is 0.787. The highest BCUT2D eigenvalue weighted by Crippen LogP contribution is 2.28. The number of pyridine rings is 1. The maximum Gasteiger partial charge on any atom is 0.184 e. The summed E-state index contributed by atoms with van der Waals surface area (Å²) in [6.07, 6.45) is 1.41. The third-order valence-corrected chi connectivity index (χ3v) is 4.27. The van der Waals surface area contributed by atoms with Crippen LogP contribution >= 0.6 is 0 Å². The first-order chi connectivity index (χ1) is 11.6. The smallest absolute Gasteiger partial charge is 0.184 e. The van der Waals surface area contributed by atoms with Crippen molar-refractivity contribution in [1.82, 2.24) is 9.38 Å². The molecule has 2 N–H and O–H groups in total. The van der Waals surface area contributed by atoms with Gasteiger partial charge in [0, 0.05) is 29.4 Å². The lowest BCUT2D eigenvalue weighted by Gasteiger charge is -2.16. The van der Waals surface area contributed by atoms with Gasteiger partial charge in [0.25, 0.3) is 0 Å². The van der Waals surface area contributed by atoms with Gasteiger partial charge in [-0.1, -0.05) is 6.07 Å². The van der Waals surface area contributed by atoms with E-state index in [1.54, 1.807) is 16.5 Å². The number of benzene rings is 1. The molecular formula is C18H15FN4O. The van der Waals surface area contributed by atoms with Crippen LogP contribution in [-0.2, 0) is 0 Å². The second-order valence-corrected chi connectivity index (χ2v) is 5.77. The van der Waals surface area contributed by atoms with Crippen molar-refractivity contribution in [2.75, 3.05) is 13.1 Å². The van der Waals surface area contributed by atoms with Crippen LogP contribution < -0.4 is 5.73 Å². The zero-order valence-corrected chi connectivity index (χ0v) is 13.1. The van der Waals surface area contributed by atoms with Crippen LogP contribution in [0, 0.1) is 12.7 Å². The normalized spacial score (nSPS) is 14.0. The summed E-state index contributed by atoms with van der Waals surface area (Å²) in [7, 11) is 0. The molecule has 0 fully saturated rings. The van der Waals surface area contributed by atoms with Crippen LogP contribution in [0.25, 0.3) is 16.9 Å². The molecule has 5 nitrogen and oxygen atoms in total. The molecule has 3 aromatic rings. The van der Waals surface area contributed by atoms with Crippen molar-refractivity contribution >= 4 is 17.1 Å². The second kappa shape index (κ2) is 5.35. The molecule has 0 amide bonds. The molecule has 0 radical (unpaired) electrons. The van der Waals surface area contributed by atoms with Crippen molar-refractivity contribution in [3.8, 4) is 11.3 Å². The standard InChI is InChI=1S/C18H15FN4O/c1-10-18(23-9-12(19)3-5-17(23)22-10)11-2-4-13-14(6-11)15(7-20)21-8-16(13)24/h2-6,9H,7-8,20H2,1H3. The summed E-state index contributed by atoms with van der Waals surface area (Å²) in [6.45, 7) is 2.28. The van der Waals surface area contributed by atoms with Crippen LogP contribution in [0.1, 0.15) is 21.6 Å². The molecule has 0 spiro atoms. The summed E-state index contributed by atoms with van der Waals surface area (Å²) in [5, 5.41) is 0. The molecule has 0 aliphatic carbocycles. The SMILES string of the molecule is Cc1nc2ccc(F)cn2c1-c1ccc2c(c1)C(CN)=NCC2=O. The van der Waals surface area contributed by atoms with Crippen molar-refractivity contribution in [3.05, 3.63) is 59.2 Å². The van der Waals surface area contributed by atoms with Gasteiger partial charge >= 0.3 is 0 Å². The van der Waals surface area contributed by atoms with Crippen molar-refractivity contribution in [2.45, 2.75) is 6.92 Å². The third kappa shape index (κ3) is 2.15. The number of imidazole rings is 1. The minimum atomic E-state index is -0.335. The molecule has 2 aromatic heterocycles. The van der Waals surface area contributed by atoms with E-state index in [0.717, 1.165) is 22.5 Å². The maximum atomic E-state index is 13.7. The van der Waals surface area contributed by atoms with Crippen molar-refractivity contribution in [2.24, 2.45) is 10.7 Å². The van der Waals surface area contributed by atoms with Crippen LogP contribution in [0.15, 0.2) is 41.5 Å². The number of nitrogens with two attached hydrogens (primary N) is 1. The number of carbonyl (C=O) groups is 1. The third-order valence-electron chi connectivity index (χ3n) is 4.27. The summed E-state index contributed by atoms with van der Waals surface area (Å²) in [5.41, 5.74) is 11.0. The van der Waals surface area contributed by atoms with Crippen molar-refractivity contribution in [3.63, 3.8) is 0 Å². The zero-order chi connectivity index (χ0) is 16.8. The zero-order valence-electron chi connectivity index (χ0n) is 13.1. The molecule has 1 aromatic carbocycles. The van der Waals surface area contributed by atoms with E-state index in [0.29, 0.717) is 16.9 Å². The summed E-state index contributed by atoms with van der Waals surface area (Å²) in [4.78, 5) is 20.8. The first-order valence-corrected chi connectivity index (χ1v) is 7.64. The molecule has 24 heavy (non-hydrogen) atoms. The Morgan fingerprint density at radius 2 is 2.08 bits per heavy atom. The van der Waals surface area contributed by atoms with Crippen LogP contribution in [0.4, 0.5) is 4.39 Å². The molecule has 0 unspecified atom stereocenters. The lowest BCUT2D eigenvalue weighted by atomic mass is 9.93. The number of aryl methyl sites for hydroxylation is 1. The molecule has 0 bridgehead atoms. The number of aliphatic imine (C=N–C) groups is 1. The fourth-order valence-corrected chi connectivity index (χ4v) is 3.17. The average Bonchev–Trinajstić information content (AvgIpc) is 2.90. The fraction of sp³-hybridized carbons (Fsp3) is 0.167. The number of aromatic nitrogens is 2. The van der Waals surface area contributed by atoms with Crippen LogP contribution in [0.3, 0.4) is 0 Å². The summed E-state index contributed by atoms with van der Waals surface area (Å²) in [6, 6.07) is 8.56. The van der Waals surface area contributed by atoms with Crippen molar-refractivity contribution in [1.29, 1.82) is 0 Å². The summed E-state index contributed by atoms with van der Waals surface area (Å²) >= 11 is 0. The van der Waals surface area contributed by atoms with Crippen LogP contribution in [0.5, 0.6) is 0 Å². The van der Waals surface area contributed by atoms with E-state index in [1.165, 1.54) is 12.3 Å². The fourth-order valence-electron chi connectivity index (χ4n) is 3.17. The number of nitrogens with zero attached hydrogens (tertiary/aromatic N) is 3. The van der Waals surface area contributed by atoms with E-state index in [-0.39, 0.29) is 24.7 Å². The van der Waals surface area contributed by atoms with Gasteiger partial charge in [-0.25, -0.2) is 9.37 Å². The van der Waals surface area contributed by atoms with Crippen LogP contribution in [-0.4, -0.2) is 34.0 Å². The van der Waals surface area contributed by atoms with E-state index >= 15 is 0 Å². The molecule has 0 saturated heterocycles. The molecule has 1 aliphatic rings. The number of carbonyl (C=O) groups excluding carboxylic acids is 1. The number of halogens is 1. The summed E-state index contributed by atoms with van der Waals surface area (Å²) in [5.74, 6) is -0.354. The first-order valence-electron chi connectivity index (χ1n) is 7.64. The minimum absolute atomic E-state index is 0.0188. The van der Waals surface area contributed by atoms with E-state index < -0.39 is 0 Å². The largest absolute Gasteiger partial charge is 0.325 e. The van der Waals surface area contributed by atoms with Gasteiger partial charge in [0.1, 0.15) is 18.0 Å². The Morgan fingerprint density at radius 1 is 1.25 bits per heavy atom. The molecule has 4 rings (SSSR count).